The zero-order valence-corrected chi connectivity index (χ0v) is 22.9. The van der Waals surface area contributed by atoms with E-state index in [1.54, 1.807) is 57.4 Å². The first-order valence-corrected chi connectivity index (χ1v) is 12.7. The highest BCUT2D eigenvalue weighted by Crippen LogP contribution is 2.33. The molecule has 2 aromatic rings. The average molecular weight is 533 g/mol. The molecule has 2 atom stereocenters. The van der Waals surface area contributed by atoms with Gasteiger partial charge in [-0.25, -0.2) is 0 Å². The van der Waals surface area contributed by atoms with Gasteiger partial charge in [-0.3, -0.25) is 24.5 Å². The van der Waals surface area contributed by atoms with Gasteiger partial charge in [0.2, 0.25) is 19.8 Å². The van der Waals surface area contributed by atoms with Crippen LogP contribution in [0.1, 0.15) is 45.8 Å². The predicted octanol–water partition coefficient (Wildman–Crippen LogP) is -6.06. The van der Waals surface area contributed by atoms with Crippen molar-refractivity contribution in [3.05, 3.63) is 45.5 Å². The maximum Gasteiger partial charge on any atom is 0.347 e. The molecule has 1 fully saturated rings. The molecule has 0 aliphatic carbocycles. The van der Waals surface area contributed by atoms with Gasteiger partial charge in [0.05, 0.1) is 0 Å². The van der Waals surface area contributed by atoms with Crippen LogP contribution >= 0.6 is 11.6 Å². The molecule has 4 rings (SSSR count). The first kappa shape index (κ1) is 28.1. The zero-order chi connectivity index (χ0) is 28.3. The second-order valence-electron chi connectivity index (χ2n) is 10.2. The quantitative estimate of drug-likeness (QED) is 0.307. The van der Waals surface area contributed by atoms with Crippen LogP contribution in [0.5, 0.6) is 0 Å². The third-order valence-electron chi connectivity index (χ3n) is 8.05. The number of carbonyl (C=O) groups is 4. The number of piperidine rings is 1. The molecule has 190 valence electrons. The molecule has 2 aliphatic heterocycles. The lowest BCUT2D eigenvalue weighted by Crippen LogP contribution is -2.53. The van der Waals surface area contributed by atoms with E-state index < -0.39 is 29.7 Å². The summed E-state index contributed by atoms with van der Waals surface area (Å²) in [5, 5.41) is 2.67. The molecule has 2 aliphatic rings. The van der Waals surface area contributed by atoms with Gasteiger partial charge >= 0.3 is 5.92 Å². The number of rotatable bonds is 5. The number of nitrogens with one attached hydrogen (secondary N) is 1. The minimum atomic E-state index is -3.79. The van der Waals surface area contributed by atoms with Crippen molar-refractivity contribution in [3.8, 4) is 0 Å². The number of halogens is 3. The van der Waals surface area contributed by atoms with Crippen LogP contribution < -0.4 is 27.2 Å². The molecule has 0 saturated carbocycles. The van der Waals surface area contributed by atoms with Crippen LogP contribution in [-0.4, -0.2) is 86.6 Å². The van der Waals surface area contributed by atoms with Gasteiger partial charge in [-0.2, -0.15) is 8.78 Å². The maximum absolute atomic E-state index is 15.7. The summed E-state index contributed by atoms with van der Waals surface area (Å²) < 4.78 is 31.5. The number of hydrogen-bond acceptors (Lipinski definition) is 4. The van der Waals surface area contributed by atoms with Crippen LogP contribution in [0.4, 0.5) is 8.78 Å². The molecule has 38 heavy (non-hydrogen) atoms. The topological polar surface area (TPSA) is 86.8 Å². The molecule has 0 radical (unpaired) electrons. The van der Waals surface area contributed by atoms with Gasteiger partial charge in [-0.05, 0) is 23.6 Å². The predicted molar refractivity (Wildman–Crippen MR) is 157 cm³/mol. The Bertz CT molecular complexity index is 1380. The van der Waals surface area contributed by atoms with Crippen LogP contribution in [0, 0.1) is 0 Å². The van der Waals surface area contributed by atoms with Crippen molar-refractivity contribution in [3.63, 3.8) is 0 Å². The van der Waals surface area contributed by atoms with Crippen LogP contribution in [-0.2, 0) is 26.9 Å². The molecule has 0 spiro atoms. The minimum Gasteiger partial charge on any atom is -0.389 e. The lowest BCUT2D eigenvalue weighted by molar-refractivity contribution is -0.154. The first-order chi connectivity index (χ1) is 17.7. The molecule has 7 nitrogen and oxygen atoms in total. The lowest BCUT2D eigenvalue weighted by Gasteiger charge is -2.32. The van der Waals surface area contributed by atoms with Crippen LogP contribution in [0.3, 0.4) is 0 Å². The van der Waals surface area contributed by atoms with Crippen molar-refractivity contribution in [2.75, 3.05) is 0 Å². The van der Waals surface area contributed by atoms with Crippen molar-refractivity contribution >= 4 is 104 Å². The molecule has 2 unspecified atom stereocenters. The SMILES string of the molecule is Bc1c(B)c(C(F)(F)C(=O)N(B)C(B)c2ccc3c(c2)CN(C2CCC(=O)NC2=O)C3=O)c(B)c(B)c1Cl. The van der Waals surface area contributed by atoms with E-state index in [-0.39, 0.29) is 47.7 Å². The maximum atomic E-state index is 15.7. The summed E-state index contributed by atoms with van der Waals surface area (Å²) in [7, 11) is 9.37. The highest BCUT2D eigenvalue weighted by Gasteiger charge is 2.46. The fourth-order valence-corrected chi connectivity index (χ4v) is 5.60. The highest BCUT2D eigenvalue weighted by atomic mass is 35.5. The number of imide groups is 1. The molecule has 16 heteroatoms. The second kappa shape index (κ2) is 9.98. The van der Waals surface area contributed by atoms with Gasteiger partial charge in [0.25, 0.3) is 11.8 Å². The van der Waals surface area contributed by atoms with Gasteiger partial charge in [0, 0.05) is 35.1 Å². The van der Waals surface area contributed by atoms with Gasteiger partial charge in [-0.15, -0.1) is 0 Å². The zero-order valence-electron chi connectivity index (χ0n) is 22.2. The van der Waals surface area contributed by atoms with E-state index in [1.165, 1.54) is 12.9 Å². The van der Waals surface area contributed by atoms with Crippen LogP contribution in [0.2, 0.25) is 5.02 Å². The van der Waals surface area contributed by atoms with E-state index in [2.05, 4.69) is 5.32 Å². The molecule has 1 N–H and O–H groups in total. The fraction of sp³-hybridized carbons (Fsp3) is 0.273. The number of nitrogens with zero attached hydrogens (tertiary/aromatic N) is 2. The van der Waals surface area contributed by atoms with Crippen molar-refractivity contribution in [2.45, 2.75) is 37.3 Å². The summed E-state index contributed by atoms with van der Waals surface area (Å²) >= 11 is 6.31. The Labute approximate surface area is 229 Å². The third kappa shape index (κ3) is 4.48. The van der Waals surface area contributed by atoms with E-state index in [1.807, 2.05) is 0 Å². The van der Waals surface area contributed by atoms with Gasteiger partial charge < -0.3 is 9.71 Å². The Morgan fingerprint density at radius 2 is 1.71 bits per heavy atom. The number of hydrogen-bond donors (Lipinski definition) is 1. The molecular weight excluding hydrogens is 509 g/mol. The second-order valence-corrected chi connectivity index (χ2v) is 10.5. The Morgan fingerprint density at radius 3 is 2.29 bits per heavy atom. The van der Waals surface area contributed by atoms with Crippen molar-refractivity contribution in [2.24, 2.45) is 0 Å². The largest absolute Gasteiger partial charge is 0.389 e. The van der Waals surface area contributed by atoms with E-state index in [9.17, 15) is 19.2 Å². The van der Waals surface area contributed by atoms with Gasteiger partial charge in [0.15, 0.2) is 0 Å². The van der Waals surface area contributed by atoms with Crippen molar-refractivity contribution < 1.29 is 28.0 Å². The molecule has 4 amide bonds. The number of fused-ring (bicyclic) bond motifs is 1. The number of alkyl halides is 2. The molecule has 1 saturated heterocycles. The number of amides is 4. The standard InChI is InChI=1S/C22H24B6ClF2N3O4/c23-13-12(14(24)16(26)17(29)15(13)25)22(30,31)21(38)34(28)18(27)7-1-2-9-8(5-7)6-33(20(9)37)10-3-4-11(35)32-19(10)36/h1-2,5,10,18H,3-4,6,23-28H2,(H,32,35,36). The Balaban J connectivity index is 1.59. The monoisotopic (exact) mass is 533 g/mol. The Hall–Kier alpha value is -2.94. The summed E-state index contributed by atoms with van der Waals surface area (Å²) in [4.78, 5) is 52.4. The molecular formula is C22H24B6ClF2N3O4. The third-order valence-corrected chi connectivity index (χ3v) is 8.61. The fourth-order valence-electron chi connectivity index (χ4n) is 5.32. The van der Waals surface area contributed by atoms with Crippen LogP contribution in [0.25, 0.3) is 0 Å². The van der Waals surface area contributed by atoms with Crippen LogP contribution in [0.15, 0.2) is 18.2 Å². The van der Waals surface area contributed by atoms with E-state index in [0.717, 1.165) is 4.81 Å². The van der Waals surface area contributed by atoms with Crippen molar-refractivity contribution in [1.29, 1.82) is 0 Å². The average Bonchev–Trinajstić information content (AvgIpc) is 3.20. The summed E-state index contributed by atoms with van der Waals surface area (Å²) in [5.74, 6) is -7.07. The number of benzene rings is 2. The minimum absolute atomic E-state index is 0.144. The number of carbonyl (C=O) groups excluding carboxylic acids is 4. The molecule has 2 aromatic carbocycles. The molecule has 2 heterocycles. The Kier molecular flexibility index (Phi) is 7.38. The van der Waals surface area contributed by atoms with E-state index in [0.29, 0.717) is 32.6 Å². The molecule has 0 aromatic heterocycles. The van der Waals surface area contributed by atoms with Gasteiger partial charge in [0.1, 0.15) is 45.3 Å². The first-order valence-electron chi connectivity index (χ1n) is 12.4. The molecule has 0 bridgehead atoms. The normalized spacial score (nSPS) is 18.2. The van der Waals surface area contributed by atoms with Crippen molar-refractivity contribution in [1.82, 2.24) is 15.0 Å². The summed E-state index contributed by atoms with van der Waals surface area (Å²) in [6.45, 7) is 0.149. The van der Waals surface area contributed by atoms with Gasteiger partial charge in [-0.1, -0.05) is 45.6 Å². The Morgan fingerprint density at radius 1 is 1.11 bits per heavy atom. The smallest absolute Gasteiger partial charge is 0.347 e. The highest BCUT2D eigenvalue weighted by molar-refractivity contribution is 6.64. The summed E-state index contributed by atoms with van der Waals surface area (Å²) in [6.07, 6.45) is 0.383. The summed E-state index contributed by atoms with van der Waals surface area (Å²) in [6, 6.07) is 4.17. The van der Waals surface area contributed by atoms with E-state index >= 15 is 8.78 Å². The summed E-state index contributed by atoms with van der Waals surface area (Å²) in [5.41, 5.74) is 2.86. The lowest BCUT2D eigenvalue weighted by atomic mass is 9.65. The van der Waals surface area contributed by atoms with E-state index in [4.69, 9.17) is 11.6 Å².